The first kappa shape index (κ1) is 29.5. The van der Waals surface area contributed by atoms with Crippen molar-refractivity contribution in [3.8, 4) is 28.5 Å². The van der Waals surface area contributed by atoms with Gasteiger partial charge in [0.2, 0.25) is 5.60 Å². The molecule has 0 bridgehead atoms. The first-order valence-electron chi connectivity index (χ1n) is 13.9. The molecule has 44 heavy (non-hydrogen) atoms. The van der Waals surface area contributed by atoms with Gasteiger partial charge in [0, 0.05) is 23.1 Å². The molecule has 1 fully saturated rings. The van der Waals surface area contributed by atoms with Gasteiger partial charge in [-0.2, -0.15) is 13.2 Å². The molecule has 1 aliphatic carbocycles. The molecule has 2 atom stereocenters. The Morgan fingerprint density at radius 1 is 1.09 bits per heavy atom. The van der Waals surface area contributed by atoms with E-state index in [0.717, 1.165) is 31.0 Å². The van der Waals surface area contributed by atoms with Gasteiger partial charge in [0.15, 0.2) is 23.0 Å². The molecule has 2 aromatic carbocycles. The van der Waals surface area contributed by atoms with Gasteiger partial charge in [-0.1, -0.05) is 0 Å². The average molecular weight is 613 g/mol. The summed E-state index contributed by atoms with van der Waals surface area (Å²) in [5, 5.41) is 19.0. The van der Waals surface area contributed by atoms with Gasteiger partial charge in [-0.3, -0.25) is 4.79 Å². The van der Waals surface area contributed by atoms with E-state index < -0.39 is 47.5 Å². The van der Waals surface area contributed by atoms with Crippen LogP contribution >= 0.6 is 0 Å². The van der Waals surface area contributed by atoms with Gasteiger partial charge in [0.1, 0.15) is 36.3 Å². The summed E-state index contributed by atoms with van der Waals surface area (Å²) in [5.41, 5.74) is -4.66. The predicted octanol–water partition coefficient (Wildman–Crippen LogP) is 5.60. The highest BCUT2D eigenvalue weighted by Crippen LogP contribution is 2.49. The van der Waals surface area contributed by atoms with Crippen LogP contribution in [0.3, 0.4) is 0 Å². The lowest BCUT2D eigenvalue weighted by atomic mass is 9.86. The summed E-state index contributed by atoms with van der Waals surface area (Å²) in [7, 11) is 1.40. The Morgan fingerprint density at radius 2 is 1.80 bits per heavy atom. The summed E-state index contributed by atoms with van der Waals surface area (Å²) in [6.07, 6.45) is -2.21. The molecule has 1 saturated carbocycles. The number of benzene rings is 2. The molecular weight excluding hydrogens is 584 g/mol. The largest absolute Gasteiger partial charge is 0.493 e. The number of carbonyl (C=O) groups excluding carboxylic acids is 1. The van der Waals surface area contributed by atoms with Crippen molar-refractivity contribution in [2.45, 2.75) is 56.0 Å². The number of aliphatic hydroxyl groups is 1. The molecule has 230 valence electrons. The number of alkyl halides is 3. The second-order valence-electron chi connectivity index (χ2n) is 11.1. The SMILES string of the molecule is COc1cc(C(=O)CC[C@](O)(c2cc3c(c(-c4ccc(F)cc4)n2)OC[C@]3(C)n2cnnc2)C(F)(F)F)ccc1OC1CC1. The van der Waals surface area contributed by atoms with Crippen molar-refractivity contribution in [2.75, 3.05) is 13.7 Å². The quantitative estimate of drug-likeness (QED) is 0.182. The Labute approximate surface area is 249 Å². The lowest BCUT2D eigenvalue weighted by molar-refractivity contribution is -0.270. The van der Waals surface area contributed by atoms with E-state index in [0.29, 0.717) is 5.75 Å². The maximum absolute atomic E-state index is 14.8. The van der Waals surface area contributed by atoms with Crippen LogP contribution in [0.1, 0.15) is 54.2 Å². The number of pyridine rings is 1. The molecule has 2 aromatic heterocycles. The highest BCUT2D eigenvalue weighted by atomic mass is 19.4. The van der Waals surface area contributed by atoms with E-state index in [4.69, 9.17) is 14.2 Å². The molecule has 2 aliphatic rings. The zero-order chi connectivity index (χ0) is 31.3. The van der Waals surface area contributed by atoms with E-state index in [-0.39, 0.29) is 46.6 Å². The van der Waals surface area contributed by atoms with Gasteiger partial charge in [-0.05, 0) is 74.7 Å². The van der Waals surface area contributed by atoms with Gasteiger partial charge in [-0.25, -0.2) is 9.37 Å². The van der Waals surface area contributed by atoms with Crippen molar-refractivity contribution in [2.24, 2.45) is 0 Å². The molecule has 1 aliphatic heterocycles. The summed E-state index contributed by atoms with van der Waals surface area (Å²) >= 11 is 0. The third-order valence-corrected chi connectivity index (χ3v) is 8.07. The second kappa shape index (κ2) is 10.9. The van der Waals surface area contributed by atoms with Crippen LogP contribution < -0.4 is 14.2 Å². The van der Waals surface area contributed by atoms with Crippen LogP contribution in [0, 0.1) is 5.82 Å². The second-order valence-corrected chi connectivity index (χ2v) is 11.1. The number of fused-ring (bicyclic) bond motifs is 1. The minimum Gasteiger partial charge on any atom is -0.493 e. The van der Waals surface area contributed by atoms with Crippen LogP contribution in [0.15, 0.2) is 61.2 Å². The predicted molar refractivity (Wildman–Crippen MR) is 148 cm³/mol. The fraction of sp³-hybridized carbons (Fsp3) is 0.355. The van der Waals surface area contributed by atoms with E-state index in [1.807, 2.05) is 0 Å². The van der Waals surface area contributed by atoms with Gasteiger partial charge < -0.3 is 23.9 Å². The van der Waals surface area contributed by atoms with E-state index in [1.165, 1.54) is 44.0 Å². The Kier molecular flexibility index (Phi) is 7.31. The van der Waals surface area contributed by atoms with Crippen LogP contribution in [-0.2, 0) is 11.1 Å². The molecule has 9 nitrogen and oxygen atoms in total. The first-order valence-corrected chi connectivity index (χ1v) is 13.9. The number of carbonyl (C=O) groups is 1. The monoisotopic (exact) mass is 612 g/mol. The number of ether oxygens (including phenoxy) is 3. The molecule has 6 rings (SSSR count). The minimum atomic E-state index is -5.22. The number of Topliss-reactive ketones (excluding diaryl/α,β-unsaturated/α-hetero) is 1. The Hall–Kier alpha value is -4.52. The zero-order valence-electron chi connectivity index (χ0n) is 23.8. The van der Waals surface area contributed by atoms with Crippen LogP contribution in [-0.4, -0.2) is 56.6 Å². The molecule has 0 radical (unpaired) electrons. The number of hydrogen-bond acceptors (Lipinski definition) is 8. The first-order chi connectivity index (χ1) is 20.9. The van der Waals surface area contributed by atoms with Crippen molar-refractivity contribution in [3.63, 3.8) is 0 Å². The number of methoxy groups -OCH3 is 1. The molecule has 0 amide bonds. The Balaban J connectivity index is 1.39. The summed E-state index contributed by atoms with van der Waals surface area (Å²) < 4.78 is 76.8. The number of aromatic nitrogens is 4. The topological polar surface area (TPSA) is 109 Å². The number of hydrogen-bond donors (Lipinski definition) is 1. The lowest BCUT2D eigenvalue weighted by Gasteiger charge is -2.32. The molecule has 0 saturated heterocycles. The number of rotatable bonds is 10. The normalized spacial score (nSPS) is 19.2. The maximum Gasteiger partial charge on any atom is 0.422 e. The maximum atomic E-state index is 14.8. The van der Waals surface area contributed by atoms with E-state index in [2.05, 4.69) is 15.2 Å². The lowest BCUT2D eigenvalue weighted by Crippen LogP contribution is -2.44. The van der Waals surface area contributed by atoms with Gasteiger partial charge in [-0.15, -0.1) is 10.2 Å². The number of nitrogens with zero attached hydrogens (tertiary/aromatic N) is 4. The fourth-order valence-corrected chi connectivity index (χ4v) is 5.21. The van der Waals surface area contributed by atoms with Gasteiger partial charge in [0.05, 0.1) is 18.9 Å². The highest BCUT2D eigenvalue weighted by Gasteiger charge is 2.57. The number of ketones is 1. The Morgan fingerprint density at radius 3 is 2.43 bits per heavy atom. The van der Waals surface area contributed by atoms with E-state index in [1.54, 1.807) is 17.6 Å². The average Bonchev–Trinajstić information content (AvgIpc) is 3.50. The van der Waals surface area contributed by atoms with E-state index in [9.17, 15) is 27.5 Å². The molecule has 1 N–H and O–H groups in total. The third kappa shape index (κ3) is 5.25. The highest BCUT2D eigenvalue weighted by molar-refractivity contribution is 5.96. The summed E-state index contributed by atoms with van der Waals surface area (Å²) in [5.74, 6) is -0.288. The summed E-state index contributed by atoms with van der Waals surface area (Å²) in [6, 6.07) is 10.6. The molecule has 13 heteroatoms. The van der Waals surface area contributed by atoms with Crippen molar-refractivity contribution in [1.82, 2.24) is 19.7 Å². The van der Waals surface area contributed by atoms with Gasteiger partial charge >= 0.3 is 6.18 Å². The smallest absolute Gasteiger partial charge is 0.422 e. The standard InChI is InChI=1S/C31H28F4N4O5/c1-29(39-16-36-37-17-39)15-43-28-22(29)14-26(38-27(28)18-3-6-20(32)7-4-18)30(41,31(33,34)35)12-11-23(40)19-5-10-24(25(13-19)42-2)44-21-8-9-21/h3-7,10,13-14,16-17,21,41H,8-9,11-12,15H2,1-2H3/t29-,30-/m0/s1. The molecule has 3 heterocycles. The van der Waals surface area contributed by atoms with Crippen molar-refractivity contribution in [3.05, 3.63) is 83.8 Å². The summed E-state index contributed by atoms with van der Waals surface area (Å²) in [6.45, 7) is 1.73. The fourth-order valence-electron chi connectivity index (χ4n) is 5.21. The van der Waals surface area contributed by atoms with Crippen LogP contribution in [0.2, 0.25) is 0 Å². The molecule has 4 aromatic rings. The van der Waals surface area contributed by atoms with Crippen LogP contribution in [0.5, 0.6) is 17.2 Å². The minimum absolute atomic E-state index is 0.00488. The van der Waals surface area contributed by atoms with Crippen LogP contribution in [0.25, 0.3) is 11.3 Å². The van der Waals surface area contributed by atoms with Crippen molar-refractivity contribution >= 4 is 5.78 Å². The molecule has 0 unspecified atom stereocenters. The van der Waals surface area contributed by atoms with Gasteiger partial charge in [0.25, 0.3) is 0 Å². The van der Waals surface area contributed by atoms with Crippen molar-refractivity contribution < 1.29 is 41.7 Å². The van der Waals surface area contributed by atoms with E-state index >= 15 is 0 Å². The Bertz CT molecular complexity index is 1690. The third-order valence-electron chi connectivity index (χ3n) is 8.07. The van der Waals surface area contributed by atoms with Crippen molar-refractivity contribution in [1.29, 1.82) is 0 Å². The molecule has 0 spiro atoms. The summed E-state index contributed by atoms with van der Waals surface area (Å²) in [4.78, 5) is 17.4. The van der Waals surface area contributed by atoms with Crippen LogP contribution in [0.4, 0.5) is 17.6 Å². The zero-order valence-corrected chi connectivity index (χ0v) is 23.8. The molecular formula is C31H28F4N4O5. The number of halogens is 4.